The normalized spacial score (nSPS) is 16.6. The second-order valence-electron chi connectivity index (χ2n) is 4.82. The third kappa shape index (κ3) is 3.93. The molecular weight excluding hydrogens is 322 g/mol. The van der Waals surface area contributed by atoms with Gasteiger partial charge in [-0.05, 0) is 36.6 Å². The van der Waals surface area contributed by atoms with E-state index in [1.54, 1.807) is 17.1 Å². The molecule has 1 aromatic carbocycles. The molecule has 0 aromatic heterocycles. The summed E-state index contributed by atoms with van der Waals surface area (Å²) < 4.78 is 0.997. The number of aliphatic carboxylic acids is 1. The predicted octanol–water partition coefficient (Wildman–Crippen LogP) is 2.79. The summed E-state index contributed by atoms with van der Waals surface area (Å²) in [4.78, 5) is 24.5. The molecule has 0 unspecified atom stereocenters. The number of rotatable bonds is 3. The van der Waals surface area contributed by atoms with Gasteiger partial charge < -0.3 is 10.0 Å². The second-order valence-corrected chi connectivity index (χ2v) is 5.74. The van der Waals surface area contributed by atoms with E-state index in [-0.39, 0.29) is 11.8 Å². The van der Waals surface area contributed by atoms with E-state index < -0.39 is 5.97 Å². The van der Waals surface area contributed by atoms with Crippen LogP contribution in [0, 0.1) is 5.92 Å². The minimum absolute atomic E-state index is 0.0586. The molecule has 5 heteroatoms. The Hall–Kier alpha value is -1.62. The topological polar surface area (TPSA) is 57.6 Å². The van der Waals surface area contributed by atoms with Gasteiger partial charge in [0.2, 0.25) is 5.91 Å². The Morgan fingerprint density at radius 1 is 1.20 bits per heavy atom. The largest absolute Gasteiger partial charge is 0.481 e. The van der Waals surface area contributed by atoms with E-state index in [0.29, 0.717) is 25.9 Å². The molecule has 106 valence electrons. The summed E-state index contributed by atoms with van der Waals surface area (Å²) in [5, 5.41) is 8.92. The molecule has 0 saturated carbocycles. The lowest BCUT2D eigenvalue weighted by Crippen LogP contribution is -2.39. The van der Waals surface area contributed by atoms with Crippen molar-refractivity contribution >= 4 is 33.9 Å². The van der Waals surface area contributed by atoms with Crippen molar-refractivity contribution in [2.75, 3.05) is 13.1 Å². The van der Waals surface area contributed by atoms with Crippen molar-refractivity contribution < 1.29 is 14.7 Å². The van der Waals surface area contributed by atoms with Crippen molar-refractivity contribution in [1.82, 2.24) is 4.90 Å². The summed E-state index contributed by atoms with van der Waals surface area (Å²) in [5.41, 5.74) is 0.960. The van der Waals surface area contributed by atoms with Crippen molar-refractivity contribution in [3.63, 3.8) is 0 Å². The highest BCUT2D eigenvalue weighted by Crippen LogP contribution is 2.18. The van der Waals surface area contributed by atoms with Gasteiger partial charge in [-0.1, -0.05) is 28.1 Å². The fraction of sp³-hybridized carbons (Fsp3) is 0.333. The van der Waals surface area contributed by atoms with Crippen LogP contribution in [0.2, 0.25) is 0 Å². The predicted molar refractivity (Wildman–Crippen MR) is 80.1 cm³/mol. The molecule has 1 aliphatic rings. The summed E-state index contributed by atoms with van der Waals surface area (Å²) in [6.45, 7) is 1.03. The number of nitrogens with zero attached hydrogens (tertiary/aromatic N) is 1. The number of carboxylic acids is 1. The van der Waals surface area contributed by atoms with Crippen LogP contribution in [-0.4, -0.2) is 35.0 Å². The summed E-state index contributed by atoms with van der Waals surface area (Å²) in [6.07, 6.45) is 4.39. The number of carbonyl (C=O) groups excluding carboxylic acids is 1. The lowest BCUT2D eigenvalue weighted by atomic mass is 9.97. The van der Waals surface area contributed by atoms with Crippen molar-refractivity contribution in [3.8, 4) is 0 Å². The number of hydrogen-bond acceptors (Lipinski definition) is 2. The van der Waals surface area contributed by atoms with Gasteiger partial charge >= 0.3 is 5.97 Å². The average Bonchev–Trinajstić information content (AvgIpc) is 2.46. The third-order valence-electron chi connectivity index (χ3n) is 3.44. The number of hydrogen-bond donors (Lipinski definition) is 1. The van der Waals surface area contributed by atoms with Crippen molar-refractivity contribution in [1.29, 1.82) is 0 Å². The lowest BCUT2D eigenvalue weighted by molar-refractivity contribution is -0.144. The van der Waals surface area contributed by atoms with E-state index in [2.05, 4.69) is 15.9 Å². The highest BCUT2D eigenvalue weighted by molar-refractivity contribution is 9.10. The zero-order valence-corrected chi connectivity index (χ0v) is 12.5. The smallest absolute Gasteiger partial charge is 0.306 e. The molecule has 0 aliphatic carbocycles. The third-order valence-corrected chi connectivity index (χ3v) is 3.97. The molecule has 1 aliphatic heterocycles. The van der Waals surface area contributed by atoms with Crippen LogP contribution in [0.5, 0.6) is 0 Å². The van der Waals surface area contributed by atoms with Crippen LogP contribution in [0.15, 0.2) is 34.8 Å². The molecule has 20 heavy (non-hydrogen) atoms. The Morgan fingerprint density at radius 2 is 1.80 bits per heavy atom. The van der Waals surface area contributed by atoms with E-state index >= 15 is 0 Å². The Balaban J connectivity index is 1.89. The molecule has 0 radical (unpaired) electrons. The van der Waals surface area contributed by atoms with Gasteiger partial charge in [-0.15, -0.1) is 0 Å². The maximum atomic E-state index is 12.0. The van der Waals surface area contributed by atoms with Gasteiger partial charge in [0.05, 0.1) is 5.92 Å². The van der Waals surface area contributed by atoms with E-state index in [9.17, 15) is 9.59 Å². The molecule has 1 heterocycles. The van der Waals surface area contributed by atoms with Crippen LogP contribution in [-0.2, 0) is 9.59 Å². The maximum absolute atomic E-state index is 12.0. The Labute approximate surface area is 126 Å². The zero-order chi connectivity index (χ0) is 14.5. The molecule has 2 rings (SSSR count). The fourth-order valence-electron chi connectivity index (χ4n) is 2.19. The summed E-state index contributed by atoms with van der Waals surface area (Å²) >= 11 is 3.36. The molecule has 4 nitrogen and oxygen atoms in total. The first kappa shape index (κ1) is 14.8. The minimum atomic E-state index is -0.762. The first-order valence-corrected chi connectivity index (χ1v) is 7.31. The van der Waals surface area contributed by atoms with E-state index in [1.165, 1.54) is 0 Å². The molecular formula is C15H16BrNO3. The van der Waals surface area contributed by atoms with Gasteiger partial charge in [-0.25, -0.2) is 0 Å². The molecule has 1 amide bonds. The van der Waals surface area contributed by atoms with E-state index in [1.807, 2.05) is 24.3 Å². The summed E-state index contributed by atoms with van der Waals surface area (Å²) in [7, 11) is 0. The second kappa shape index (κ2) is 6.70. The highest BCUT2D eigenvalue weighted by atomic mass is 79.9. The number of likely N-dealkylation sites (tertiary alicyclic amines) is 1. The van der Waals surface area contributed by atoms with Crippen LogP contribution >= 0.6 is 15.9 Å². The van der Waals surface area contributed by atoms with Gasteiger partial charge in [-0.3, -0.25) is 9.59 Å². The van der Waals surface area contributed by atoms with Crippen molar-refractivity contribution in [3.05, 3.63) is 40.4 Å². The van der Waals surface area contributed by atoms with Crippen LogP contribution in [0.4, 0.5) is 0 Å². The lowest BCUT2D eigenvalue weighted by Gasteiger charge is -2.29. The SMILES string of the molecule is O=C(O)C1CCN(C(=O)/C=C/c2ccc(Br)cc2)CC1. The van der Waals surface area contributed by atoms with Gasteiger partial charge in [-0.2, -0.15) is 0 Å². The molecule has 1 fully saturated rings. The van der Waals surface area contributed by atoms with Gasteiger partial charge in [0, 0.05) is 23.6 Å². The van der Waals surface area contributed by atoms with Crippen LogP contribution in [0.25, 0.3) is 6.08 Å². The number of carboxylic acid groups (broad SMARTS) is 1. The molecule has 0 atom stereocenters. The number of carbonyl (C=O) groups is 2. The first-order chi connectivity index (χ1) is 9.56. The van der Waals surface area contributed by atoms with Gasteiger partial charge in [0.25, 0.3) is 0 Å². The Morgan fingerprint density at radius 3 is 2.35 bits per heavy atom. The van der Waals surface area contributed by atoms with Gasteiger partial charge in [0.15, 0.2) is 0 Å². The summed E-state index contributed by atoms with van der Waals surface area (Å²) in [5.74, 6) is -1.13. The minimum Gasteiger partial charge on any atom is -0.481 e. The zero-order valence-electron chi connectivity index (χ0n) is 11.0. The molecule has 1 aromatic rings. The van der Waals surface area contributed by atoms with Crippen LogP contribution in [0.3, 0.4) is 0 Å². The highest BCUT2D eigenvalue weighted by Gasteiger charge is 2.25. The number of halogens is 1. The molecule has 1 saturated heterocycles. The number of benzene rings is 1. The van der Waals surface area contributed by atoms with Crippen LogP contribution < -0.4 is 0 Å². The first-order valence-electron chi connectivity index (χ1n) is 6.51. The van der Waals surface area contributed by atoms with Gasteiger partial charge in [0.1, 0.15) is 0 Å². The maximum Gasteiger partial charge on any atom is 0.306 e. The standard InChI is InChI=1S/C15H16BrNO3/c16-13-4-1-11(2-5-13)3-6-14(18)17-9-7-12(8-10-17)15(19)20/h1-6,12H,7-10H2,(H,19,20)/b6-3+. The Kier molecular flexibility index (Phi) is 4.95. The Bertz CT molecular complexity index is 516. The number of piperidine rings is 1. The van der Waals surface area contributed by atoms with Crippen molar-refractivity contribution in [2.45, 2.75) is 12.8 Å². The fourth-order valence-corrected chi connectivity index (χ4v) is 2.46. The molecule has 0 spiro atoms. The quantitative estimate of drug-likeness (QED) is 0.863. The van der Waals surface area contributed by atoms with Crippen molar-refractivity contribution in [2.24, 2.45) is 5.92 Å². The summed E-state index contributed by atoms with van der Waals surface area (Å²) in [6, 6.07) is 7.68. The monoisotopic (exact) mass is 337 g/mol. The molecule has 1 N–H and O–H groups in total. The van der Waals surface area contributed by atoms with E-state index in [4.69, 9.17) is 5.11 Å². The van der Waals surface area contributed by atoms with Crippen LogP contribution in [0.1, 0.15) is 18.4 Å². The average molecular weight is 338 g/mol. The number of amides is 1. The van der Waals surface area contributed by atoms with E-state index in [0.717, 1.165) is 10.0 Å². The molecule has 0 bridgehead atoms.